The summed E-state index contributed by atoms with van der Waals surface area (Å²) in [7, 11) is 0. The van der Waals surface area contributed by atoms with Gasteiger partial charge in [0.15, 0.2) is 0 Å². The first kappa shape index (κ1) is 10.6. The molecule has 0 saturated carbocycles. The molecule has 0 spiro atoms. The second-order valence-electron chi connectivity index (χ2n) is 3.63. The Morgan fingerprint density at radius 1 is 1.54 bits per heavy atom. The van der Waals surface area contributed by atoms with E-state index in [1.165, 1.54) is 11.3 Å². The highest BCUT2D eigenvalue weighted by molar-refractivity contribution is 8.00. The van der Waals surface area contributed by atoms with E-state index in [2.05, 4.69) is 20.8 Å². The lowest BCUT2D eigenvalue weighted by atomic mass is 10.3. The molecule has 0 aliphatic heterocycles. The third-order valence-corrected chi connectivity index (χ3v) is 3.44. The van der Waals surface area contributed by atoms with Gasteiger partial charge in [-0.25, -0.2) is 4.79 Å². The molecule has 1 heterocycles. The molecule has 0 aliphatic carbocycles. The van der Waals surface area contributed by atoms with Crippen molar-refractivity contribution in [3.63, 3.8) is 0 Å². The van der Waals surface area contributed by atoms with Crippen molar-refractivity contribution < 1.29 is 9.90 Å². The Hall–Kier alpha value is -0.480. The summed E-state index contributed by atoms with van der Waals surface area (Å²) in [6.45, 7) is 6.21. The minimum absolute atomic E-state index is 0.0608. The SMILES string of the molecule is CC(C)(C)Sc1ccsc1C(=O)O. The van der Waals surface area contributed by atoms with E-state index in [4.69, 9.17) is 5.11 Å². The topological polar surface area (TPSA) is 37.3 Å². The molecule has 13 heavy (non-hydrogen) atoms. The van der Waals surface area contributed by atoms with Gasteiger partial charge in [0, 0.05) is 9.64 Å². The fourth-order valence-corrected chi connectivity index (χ4v) is 2.82. The maximum atomic E-state index is 10.8. The number of aromatic carboxylic acids is 1. The van der Waals surface area contributed by atoms with Crippen LogP contribution in [0.25, 0.3) is 0 Å². The van der Waals surface area contributed by atoms with Crippen molar-refractivity contribution in [2.24, 2.45) is 0 Å². The monoisotopic (exact) mass is 216 g/mol. The maximum absolute atomic E-state index is 10.8. The van der Waals surface area contributed by atoms with E-state index in [9.17, 15) is 4.79 Å². The molecule has 72 valence electrons. The quantitative estimate of drug-likeness (QED) is 0.770. The van der Waals surface area contributed by atoms with Crippen LogP contribution in [0.2, 0.25) is 0 Å². The van der Waals surface area contributed by atoms with Crippen LogP contribution < -0.4 is 0 Å². The summed E-state index contributed by atoms with van der Waals surface area (Å²) in [4.78, 5) is 12.1. The zero-order valence-electron chi connectivity index (χ0n) is 7.83. The molecule has 1 N–H and O–H groups in total. The number of thioether (sulfide) groups is 1. The van der Waals surface area contributed by atoms with E-state index in [0.717, 1.165) is 4.90 Å². The lowest BCUT2D eigenvalue weighted by Crippen LogP contribution is -2.07. The van der Waals surface area contributed by atoms with Gasteiger partial charge in [-0.05, 0) is 11.4 Å². The Labute approximate surface area is 86.0 Å². The molecule has 1 rings (SSSR count). The average Bonchev–Trinajstić information content (AvgIpc) is 2.31. The molecule has 0 saturated heterocycles. The molecule has 2 nitrogen and oxygen atoms in total. The van der Waals surface area contributed by atoms with Gasteiger partial charge in [0.05, 0.1) is 0 Å². The first-order valence-electron chi connectivity index (χ1n) is 3.90. The van der Waals surface area contributed by atoms with Crippen molar-refractivity contribution in [2.75, 3.05) is 0 Å². The second kappa shape index (κ2) is 3.72. The lowest BCUT2D eigenvalue weighted by Gasteiger charge is -2.16. The molecular weight excluding hydrogens is 204 g/mol. The maximum Gasteiger partial charge on any atom is 0.347 e. The fourth-order valence-electron chi connectivity index (χ4n) is 0.864. The minimum Gasteiger partial charge on any atom is -0.477 e. The van der Waals surface area contributed by atoms with Crippen molar-refractivity contribution in [2.45, 2.75) is 30.4 Å². The number of carbonyl (C=O) groups is 1. The standard InChI is InChI=1S/C9H12O2S2/c1-9(2,3)13-6-4-5-12-7(6)8(10)11/h4-5H,1-3H3,(H,10,11). The molecule has 0 bridgehead atoms. The highest BCUT2D eigenvalue weighted by Gasteiger charge is 2.18. The van der Waals surface area contributed by atoms with Gasteiger partial charge in [-0.3, -0.25) is 0 Å². The summed E-state index contributed by atoms with van der Waals surface area (Å²) >= 11 is 2.87. The number of hydrogen-bond donors (Lipinski definition) is 1. The van der Waals surface area contributed by atoms with Crippen LogP contribution in [0, 0.1) is 0 Å². The second-order valence-corrected chi connectivity index (χ2v) is 6.42. The van der Waals surface area contributed by atoms with E-state index in [0.29, 0.717) is 4.88 Å². The van der Waals surface area contributed by atoms with Gasteiger partial charge in [-0.1, -0.05) is 20.8 Å². The molecule has 1 aromatic rings. The van der Waals surface area contributed by atoms with Gasteiger partial charge >= 0.3 is 5.97 Å². The fraction of sp³-hybridized carbons (Fsp3) is 0.444. The third-order valence-electron chi connectivity index (χ3n) is 1.24. The van der Waals surface area contributed by atoms with Crippen LogP contribution in [0.4, 0.5) is 0 Å². The van der Waals surface area contributed by atoms with E-state index >= 15 is 0 Å². The number of rotatable bonds is 2. The van der Waals surface area contributed by atoms with E-state index in [1.807, 2.05) is 11.4 Å². The number of carboxylic acids is 1. The smallest absolute Gasteiger partial charge is 0.347 e. The molecule has 0 amide bonds. The molecule has 0 atom stereocenters. The largest absolute Gasteiger partial charge is 0.477 e. The minimum atomic E-state index is -0.832. The van der Waals surface area contributed by atoms with Crippen LogP contribution in [0.5, 0.6) is 0 Å². The molecule has 0 fully saturated rings. The highest BCUT2D eigenvalue weighted by Crippen LogP contribution is 2.36. The Balaban J connectivity index is 2.89. The van der Waals surface area contributed by atoms with Crippen molar-refractivity contribution in [3.05, 3.63) is 16.3 Å². The first-order valence-corrected chi connectivity index (χ1v) is 5.59. The normalized spacial score (nSPS) is 11.6. The van der Waals surface area contributed by atoms with Gasteiger partial charge in [0.2, 0.25) is 0 Å². The van der Waals surface area contributed by atoms with E-state index in [-0.39, 0.29) is 4.75 Å². The summed E-state index contributed by atoms with van der Waals surface area (Å²) in [5.41, 5.74) is 0. The Bertz CT molecular complexity index is 310. The van der Waals surface area contributed by atoms with Crippen molar-refractivity contribution >= 4 is 29.1 Å². The summed E-state index contributed by atoms with van der Waals surface area (Å²) < 4.78 is 0.0608. The van der Waals surface area contributed by atoms with Gasteiger partial charge in [0.1, 0.15) is 4.88 Å². The van der Waals surface area contributed by atoms with Crippen LogP contribution in [0.3, 0.4) is 0 Å². The first-order chi connectivity index (χ1) is 5.90. The third kappa shape index (κ3) is 3.04. The van der Waals surface area contributed by atoms with Crippen molar-refractivity contribution in [3.8, 4) is 0 Å². The zero-order chi connectivity index (χ0) is 10.1. The predicted octanol–water partition coefficient (Wildman–Crippen LogP) is 3.34. The summed E-state index contributed by atoms with van der Waals surface area (Å²) in [6.07, 6.45) is 0. The molecule has 0 unspecified atom stereocenters. The number of hydrogen-bond acceptors (Lipinski definition) is 3. The molecule has 0 aliphatic rings. The summed E-state index contributed by atoms with van der Waals surface area (Å²) in [5.74, 6) is -0.832. The molecule has 1 aromatic heterocycles. The number of thiophene rings is 1. The van der Waals surface area contributed by atoms with Gasteiger partial charge in [0.25, 0.3) is 0 Å². The zero-order valence-corrected chi connectivity index (χ0v) is 9.46. The van der Waals surface area contributed by atoms with Crippen LogP contribution in [0.1, 0.15) is 30.4 Å². The summed E-state index contributed by atoms with van der Waals surface area (Å²) in [6, 6.07) is 1.87. The highest BCUT2D eigenvalue weighted by atomic mass is 32.2. The molecule has 4 heteroatoms. The lowest BCUT2D eigenvalue weighted by molar-refractivity contribution is 0.0699. The van der Waals surface area contributed by atoms with Crippen LogP contribution >= 0.6 is 23.1 Å². The van der Waals surface area contributed by atoms with Gasteiger partial charge in [-0.2, -0.15) is 0 Å². The molecule has 0 radical (unpaired) electrons. The van der Waals surface area contributed by atoms with E-state index < -0.39 is 5.97 Å². The van der Waals surface area contributed by atoms with Crippen molar-refractivity contribution in [1.82, 2.24) is 0 Å². The molecular formula is C9H12O2S2. The number of carboxylic acid groups (broad SMARTS) is 1. The van der Waals surface area contributed by atoms with Crippen LogP contribution in [-0.4, -0.2) is 15.8 Å². The van der Waals surface area contributed by atoms with Crippen LogP contribution in [0.15, 0.2) is 16.3 Å². The van der Waals surface area contributed by atoms with E-state index in [1.54, 1.807) is 11.8 Å². The van der Waals surface area contributed by atoms with Crippen LogP contribution in [-0.2, 0) is 0 Å². The average molecular weight is 216 g/mol. The predicted molar refractivity (Wildman–Crippen MR) is 56.9 cm³/mol. The van der Waals surface area contributed by atoms with Gasteiger partial charge < -0.3 is 5.11 Å². The summed E-state index contributed by atoms with van der Waals surface area (Å²) in [5, 5.41) is 10.7. The Kier molecular flexibility index (Phi) is 3.03. The Morgan fingerprint density at radius 2 is 2.15 bits per heavy atom. The van der Waals surface area contributed by atoms with Gasteiger partial charge in [-0.15, -0.1) is 23.1 Å². The molecule has 0 aromatic carbocycles. The Morgan fingerprint density at radius 3 is 2.62 bits per heavy atom. The van der Waals surface area contributed by atoms with Crippen molar-refractivity contribution in [1.29, 1.82) is 0 Å².